The first-order valence-electron chi connectivity index (χ1n) is 4.18. The quantitative estimate of drug-likeness (QED) is 0.514. The summed E-state index contributed by atoms with van der Waals surface area (Å²) in [4.78, 5) is 21.6. The van der Waals surface area contributed by atoms with Crippen LogP contribution in [0.3, 0.4) is 0 Å². The van der Waals surface area contributed by atoms with Gasteiger partial charge in [0.1, 0.15) is 0 Å². The van der Waals surface area contributed by atoms with E-state index in [1.54, 1.807) is 0 Å². The summed E-state index contributed by atoms with van der Waals surface area (Å²) in [5.74, 6) is -1.73. The minimum atomic E-state index is -0.960. The molecule has 0 heterocycles. The second-order valence-electron chi connectivity index (χ2n) is 3.15. The number of carbonyl (C=O) groups is 2. The van der Waals surface area contributed by atoms with Crippen molar-refractivity contribution in [2.75, 3.05) is 0 Å². The molecule has 1 unspecified atom stereocenters. The summed E-state index contributed by atoms with van der Waals surface area (Å²) in [6.45, 7) is 3.25. The van der Waals surface area contributed by atoms with Crippen LogP contribution in [-0.2, 0) is 14.3 Å². The highest BCUT2D eigenvalue weighted by Crippen LogP contribution is 2.39. The Morgan fingerprint density at radius 3 is 2.62 bits per heavy atom. The molecule has 0 bridgehead atoms. The van der Waals surface area contributed by atoms with E-state index in [2.05, 4.69) is 11.3 Å². The molecule has 0 aromatic carbocycles. The molecular weight excluding hydrogens is 172 g/mol. The van der Waals surface area contributed by atoms with Crippen LogP contribution in [0.1, 0.15) is 19.3 Å². The van der Waals surface area contributed by atoms with E-state index in [-0.39, 0.29) is 12.3 Å². The second-order valence-corrected chi connectivity index (χ2v) is 3.15. The first-order chi connectivity index (χ1) is 6.15. The second kappa shape index (κ2) is 4.07. The van der Waals surface area contributed by atoms with Crippen LogP contribution in [0.4, 0.5) is 0 Å². The number of aliphatic carboxylic acids is 1. The lowest BCUT2D eigenvalue weighted by atomic mass is 10.0. The number of hydrogen-bond acceptors (Lipinski definition) is 3. The molecule has 0 aliphatic heterocycles. The Balaban J connectivity index is 2.50. The third kappa shape index (κ3) is 2.89. The van der Waals surface area contributed by atoms with Crippen LogP contribution < -0.4 is 0 Å². The molecule has 1 rings (SSSR count). The summed E-state index contributed by atoms with van der Waals surface area (Å²) < 4.78 is 4.57. The number of ether oxygens (including phenoxy) is 1. The molecule has 1 aliphatic carbocycles. The van der Waals surface area contributed by atoms with Crippen LogP contribution >= 0.6 is 0 Å². The minimum absolute atomic E-state index is 0.142. The lowest BCUT2D eigenvalue weighted by molar-refractivity contribution is -0.149. The summed E-state index contributed by atoms with van der Waals surface area (Å²) in [6.07, 6.45) is 2.74. The average molecular weight is 184 g/mol. The molecule has 0 radical (unpaired) electrons. The molecule has 4 heteroatoms. The third-order valence-corrected chi connectivity index (χ3v) is 2.09. The largest absolute Gasteiger partial charge is 0.481 e. The van der Waals surface area contributed by atoms with Crippen LogP contribution in [0.15, 0.2) is 12.8 Å². The maximum atomic E-state index is 11.2. The number of rotatable bonds is 5. The molecule has 1 aliphatic rings. The zero-order valence-electron chi connectivity index (χ0n) is 7.23. The Bertz CT molecular complexity index is 230. The Hall–Kier alpha value is -1.32. The third-order valence-electron chi connectivity index (χ3n) is 2.09. The number of carboxylic acids is 1. The van der Waals surface area contributed by atoms with Gasteiger partial charge in [0, 0.05) is 0 Å². The number of carbonyl (C=O) groups excluding carboxylic acids is 1. The van der Waals surface area contributed by atoms with Gasteiger partial charge < -0.3 is 9.84 Å². The van der Waals surface area contributed by atoms with Crippen molar-refractivity contribution in [3.05, 3.63) is 12.8 Å². The fraction of sp³-hybridized carbons (Fsp3) is 0.556. The number of carboxylic acid groups (broad SMARTS) is 1. The van der Waals surface area contributed by atoms with Gasteiger partial charge in [-0.05, 0) is 18.8 Å². The van der Waals surface area contributed by atoms with E-state index >= 15 is 0 Å². The van der Waals surface area contributed by atoms with Gasteiger partial charge in [0.15, 0.2) is 0 Å². The maximum Gasteiger partial charge on any atom is 0.314 e. The summed E-state index contributed by atoms with van der Waals surface area (Å²) in [5.41, 5.74) is 0. The Morgan fingerprint density at radius 2 is 2.23 bits per heavy atom. The van der Waals surface area contributed by atoms with Gasteiger partial charge in [-0.1, -0.05) is 6.58 Å². The number of esters is 1. The van der Waals surface area contributed by atoms with Crippen LogP contribution in [0, 0.1) is 11.8 Å². The molecule has 0 amide bonds. The minimum Gasteiger partial charge on any atom is -0.481 e. The van der Waals surface area contributed by atoms with Gasteiger partial charge >= 0.3 is 11.9 Å². The van der Waals surface area contributed by atoms with Crippen molar-refractivity contribution in [3.8, 4) is 0 Å². The zero-order chi connectivity index (χ0) is 9.84. The molecule has 1 atom stereocenters. The van der Waals surface area contributed by atoms with Gasteiger partial charge in [0.25, 0.3) is 0 Å². The van der Waals surface area contributed by atoms with Gasteiger partial charge in [-0.25, -0.2) is 0 Å². The normalized spacial score (nSPS) is 17.5. The summed E-state index contributed by atoms with van der Waals surface area (Å²) >= 11 is 0. The van der Waals surface area contributed by atoms with Crippen molar-refractivity contribution >= 4 is 11.9 Å². The fourth-order valence-electron chi connectivity index (χ4n) is 1.30. The van der Waals surface area contributed by atoms with E-state index in [4.69, 9.17) is 5.11 Å². The van der Waals surface area contributed by atoms with E-state index < -0.39 is 17.9 Å². The predicted molar refractivity (Wildman–Crippen MR) is 44.8 cm³/mol. The number of hydrogen-bond donors (Lipinski definition) is 1. The topological polar surface area (TPSA) is 63.6 Å². The monoisotopic (exact) mass is 184 g/mol. The zero-order valence-corrected chi connectivity index (χ0v) is 7.23. The fourth-order valence-corrected chi connectivity index (χ4v) is 1.30. The molecule has 0 saturated heterocycles. The lowest BCUT2D eigenvalue weighted by Gasteiger charge is -2.10. The highest BCUT2D eigenvalue weighted by atomic mass is 16.5. The molecule has 1 saturated carbocycles. The molecule has 1 N–H and O–H groups in total. The lowest BCUT2D eigenvalue weighted by Crippen LogP contribution is -2.21. The van der Waals surface area contributed by atoms with Gasteiger partial charge in [0.05, 0.1) is 18.6 Å². The average Bonchev–Trinajstić information content (AvgIpc) is 2.82. The highest BCUT2D eigenvalue weighted by molar-refractivity contribution is 5.80. The van der Waals surface area contributed by atoms with Crippen molar-refractivity contribution < 1.29 is 19.4 Å². The van der Waals surface area contributed by atoms with Crippen LogP contribution in [-0.4, -0.2) is 17.0 Å². The molecule has 0 spiro atoms. The van der Waals surface area contributed by atoms with Crippen molar-refractivity contribution in [1.82, 2.24) is 0 Å². The van der Waals surface area contributed by atoms with Crippen molar-refractivity contribution in [2.24, 2.45) is 11.8 Å². The molecule has 0 aromatic rings. The van der Waals surface area contributed by atoms with Gasteiger partial charge in [-0.2, -0.15) is 0 Å². The van der Waals surface area contributed by atoms with E-state index in [0.717, 1.165) is 19.1 Å². The van der Waals surface area contributed by atoms with Crippen molar-refractivity contribution in [3.63, 3.8) is 0 Å². The summed E-state index contributed by atoms with van der Waals surface area (Å²) in [7, 11) is 0. The first kappa shape index (κ1) is 9.77. The molecule has 4 nitrogen and oxygen atoms in total. The Kier molecular flexibility index (Phi) is 3.06. The molecule has 0 aromatic heterocycles. The van der Waals surface area contributed by atoms with Gasteiger partial charge in [-0.3, -0.25) is 9.59 Å². The standard InChI is InChI=1S/C9H12O4/c1-2-13-9(12)7(5-8(10)11)6-3-4-6/h2,6-7H,1,3-5H2,(H,10,11). The molecule has 13 heavy (non-hydrogen) atoms. The van der Waals surface area contributed by atoms with E-state index in [0.29, 0.717) is 0 Å². The molecule has 1 fully saturated rings. The van der Waals surface area contributed by atoms with Crippen LogP contribution in [0.25, 0.3) is 0 Å². The van der Waals surface area contributed by atoms with E-state index in [1.165, 1.54) is 0 Å². The van der Waals surface area contributed by atoms with Gasteiger partial charge in [-0.15, -0.1) is 0 Å². The van der Waals surface area contributed by atoms with Crippen LogP contribution in [0.5, 0.6) is 0 Å². The Labute approximate surface area is 76.2 Å². The summed E-state index contributed by atoms with van der Waals surface area (Å²) in [5, 5.41) is 8.54. The predicted octanol–water partition coefficient (Wildman–Crippen LogP) is 1.17. The smallest absolute Gasteiger partial charge is 0.314 e. The molecular formula is C9H12O4. The Morgan fingerprint density at radius 1 is 1.62 bits per heavy atom. The maximum absolute atomic E-state index is 11.2. The van der Waals surface area contributed by atoms with Crippen molar-refractivity contribution in [2.45, 2.75) is 19.3 Å². The first-order valence-corrected chi connectivity index (χ1v) is 4.18. The van der Waals surface area contributed by atoms with Crippen molar-refractivity contribution in [1.29, 1.82) is 0 Å². The van der Waals surface area contributed by atoms with Crippen LogP contribution in [0.2, 0.25) is 0 Å². The SMILES string of the molecule is C=COC(=O)C(CC(=O)O)C1CC1. The summed E-state index contributed by atoms with van der Waals surface area (Å²) in [6, 6.07) is 0. The highest BCUT2D eigenvalue weighted by Gasteiger charge is 2.38. The van der Waals surface area contributed by atoms with E-state index in [1.807, 2.05) is 0 Å². The van der Waals surface area contributed by atoms with Gasteiger partial charge in [0.2, 0.25) is 0 Å². The molecule has 72 valence electrons. The van der Waals surface area contributed by atoms with E-state index in [9.17, 15) is 9.59 Å².